The molecular weight excluding hydrogens is 362 g/mol. The summed E-state index contributed by atoms with van der Waals surface area (Å²) < 4.78 is 0. The van der Waals surface area contributed by atoms with Crippen LogP contribution in [0.15, 0.2) is 30.3 Å². The quantitative estimate of drug-likeness (QED) is 0.767. The SMILES string of the molecule is O=C(NC[C@H]1CC(=O)N(CCc2ccccc2)C1)Nc1nnc(C2CC2)s1. The van der Waals surface area contributed by atoms with Crippen LogP contribution in [0.1, 0.15) is 35.8 Å². The molecule has 1 saturated carbocycles. The molecule has 3 amide bonds. The van der Waals surface area contributed by atoms with Gasteiger partial charge in [-0.05, 0) is 24.8 Å². The van der Waals surface area contributed by atoms with E-state index in [2.05, 4.69) is 33.0 Å². The van der Waals surface area contributed by atoms with Crippen molar-refractivity contribution >= 4 is 28.4 Å². The van der Waals surface area contributed by atoms with E-state index in [4.69, 9.17) is 0 Å². The number of hydrogen-bond acceptors (Lipinski definition) is 5. The van der Waals surface area contributed by atoms with Gasteiger partial charge in [-0.3, -0.25) is 10.1 Å². The predicted molar refractivity (Wildman–Crippen MR) is 104 cm³/mol. The van der Waals surface area contributed by atoms with E-state index < -0.39 is 0 Å². The Balaban J connectivity index is 1.19. The zero-order valence-electron chi connectivity index (χ0n) is 15.1. The molecular formula is C19H23N5O2S. The lowest BCUT2D eigenvalue weighted by molar-refractivity contribution is -0.127. The first-order chi connectivity index (χ1) is 13.2. The number of carbonyl (C=O) groups excluding carboxylic acids is 2. The number of likely N-dealkylation sites (tertiary alicyclic amines) is 1. The molecule has 0 radical (unpaired) electrons. The second-order valence-electron chi connectivity index (χ2n) is 7.20. The van der Waals surface area contributed by atoms with E-state index >= 15 is 0 Å². The number of hydrogen-bond donors (Lipinski definition) is 2. The van der Waals surface area contributed by atoms with Crippen molar-refractivity contribution in [1.29, 1.82) is 0 Å². The first-order valence-electron chi connectivity index (χ1n) is 9.37. The van der Waals surface area contributed by atoms with Crippen molar-refractivity contribution in [1.82, 2.24) is 20.4 Å². The van der Waals surface area contributed by atoms with Gasteiger partial charge in [-0.25, -0.2) is 4.79 Å². The second-order valence-corrected chi connectivity index (χ2v) is 8.21. The maximum absolute atomic E-state index is 12.2. The van der Waals surface area contributed by atoms with Crippen LogP contribution in [0.2, 0.25) is 0 Å². The van der Waals surface area contributed by atoms with Gasteiger partial charge in [0.2, 0.25) is 11.0 Å². The molecule has 142 valence electrons. The van der Waals surface area contributed by atoms with Crippen molar-refractivity contribution in [2.45, 2.75) is 31.6 Å². The highest BCUT2D eigenvalue weighted by atomic mass is 32.1. The summed E-state index contributed by atoms with van der Waals surface area (Å²) in [6.45, 7) is 1.89. The third-order valence-corrected chi connectivity index (χ3v) is 5.95. The van der Waals surface area contributed by atoms with Gasteiger partial charge in [0.15, 0.2) is 0 Å². The van der Waals surface area contributed by atoms with Crippen LogP contribution in [0.25, 0.3) is 0 Å². The molecule has 4 rings (SSSR count). The molecule has 8 heteroatoms. The Kier molecular flexibility index (Phi) is 5.33. The fourth-order valence-electron chi connectivity index (χ4n) is 3.27. The van der Waals surface area contributed by atoms with E-state index in [1.807, 2.05) is 23.1 Å². The molecule has 27 heavy (non-hydrogen) atoms. The molecule has 1 aromatic heterocycles. The summed E-state index contributed by atoms with van der Waals surface area (Å²) in [6, 6.07) is 9.88. The largest absolute Gasteiger partial charge is 0.342 e. The Morgan fingerprint density at radius 2 is 2.04 bits per heavy atom. The molecule has 1 atom stereocenters. The summed E-state index contributed by atoms with van der Waals surface area (Å²) >= 11 is 1.44. The standard InChI is InChI=1S/C19H23N5O2S/c25-16-10-14(12-24(16)9-8-13-4-2-1-3-5-13)11-20-18(26)21-19-23-22-17(27-19)15-6-7-15/h1-5,14-15H,6-12H2,(H2,20,21,23,26)/t14-/m1/s1. The fraction of sp³-hybridized carbons (Fsp3) is 0.474. The minimum Gasteiger partial charge on any atom is -0.342 e. The van der Waals surface area contributed by atoms with Crippen molar-refractivity contribution in [3.8, 4) is 0 Å². The smallest absolute Gasteiger partial charge is 0.321 e. The van der Waals surface area contributed by atoms with Crippen molar-refractivity contribution in [2.24, 2.45) is 5.92 Å². The summed E-state index contributed by atoms with van der Waals surface area (Å²) in [7, 11) is 0. The molecule has 2 N–H and O–H groups in total. The number of nitrogens with zero attached hydrogens (tertiary/aromatic N) is 3. The maximum atomic E-state index is 12.2. The highest BCUT2D eigenvalue weighted by Crippen LogP contribution is 2.42. The van der Waals surface area contributed by atoms with Crippen LogP contribution in [0.4, 0.5) is 9.93 Å². The van der Waals surface area contributed by atoms with E-state index in [1.54, 1.807) is 0 Å². The topological polar surface area (TPSA) is 87.2 Å². The van der Waals surface area contributed by atoms with Crippen molar-refractivity contribution in [3.63, 3.8) is 0 Å². The van der Waals surface area contributed by atoms with E-state index in [-0.39, 0.29) is 17.9 Å². The monoisotopic (exact) mass is 385 g/mol. The molecule has 2 aromatic rings. The molecule has 2 aliphatic rings. The highest BCUT2D eigenvalue weighted by molar-refractivity contribution is 7.15. The van der Waals surface area contributed by atoms with Gasteiger partial charge < -0.3 is 10.2 Å². The summed E-state index contributed by atoms with van der Waals surface area (Å²) in [4.78, 5) is 26.1. The number of anilines is 1. The Labute approximate surface area is 162 Å². The lowest BCUT2D eigenvalue weighted by Gasteiger charge is -2.17. The Morgan fingerprint density at radius 3 is 2.81 bits per heavy atom. The minimum atomic E-state index is -0.288. The first kappa shape index (κ1) is 17.9. The summed E-state index contributed by atoms with van der Waals surface area (Å²) in [5, 5.41) is 15.2. The van der Waals surface area contributed by atoms with Crippen LogP contribution in [0.3, 0.4) is 0 Å². The van der Waals surface area contributed by atoms with Gasteiger partial charge >= 0.3 is 6.03 Å². The normalized spacial score (nSPS) is 19.3. The summed E-state index contributed by atoms with van der Waals surface area (Å²) in [5.41, 5.74) is 1.23. The molecule has 0 spiro atoms. The predicted octanol–water partition coefficient (Wildman–Crippen LogP) is 2.63. The molecule has 7 nitrogen and oxygen atoms in total. The molecule has 1 saturated heterocycles. The van der Waals surface area contributed by atoms with Gasteiger partial charge in [-0.15, -0.1) is 10.2 Å². The van der Waals surface area contributed by atoms with Crippen LogP contribution in [0, 0.1) is 5.92 Å². The van der Waals surface area contributed by atoms with E-state index in [9.17, 15) is 9.59 Å². The first-order valence-corrected chi connectivity index (χ1v) is 10.2. The molecule has 2 heterocycles. The Morgan fingerprint density at radius 1 is 1.22 bits per heavy atom. The van der Waals surface area contributed by atoms with Gasteiger partial charge in [0.1, 0.15) is 5.01 Å². The lowest BCUT2D eigenvalue weighted by atomic mass is 10.1. The van der Waals surface area contributed by atoms with Gasteiger partial charge in [0.25, 0.3) is 0 Å². The summed E-state index contributed by atoms with van der Waals surface area (Å²) in [6.07, 6.45) is 3.67. The van der Waals surface area contributed by atoms with Gasteiger partial charge in [0.05, 0.1) is 0 Å². The zero-order valence-corrected chi connectivity index (χ0v) is 15.9. The molecule has 0 bridgehead atoms. The van der Waals surface area contributed by atoms with E-state index in [1.165, 1.54) is 16.9 Å². The van der Waals surface area contributed by atoms with Gasteiger partial charge in [0, 0.05) is 37.9 Å². The van der Waals surface area contributed by atoms with Gasteiger partial charge in [-0.1, -0.05) is 41.7 Å². The molecule has 0 unspecified atom stereocenters. The van der Waals surface area contributed by atoms with E-state index in [0.717, 1.165) is 30.8 Å². The number of urea groups is 1. The maximum Gasteiger partial charge on any atom is 0.321 e. The fourth-order valence-corrected chi connectivity index (χ4v) is 4.18. The van der Waals surface area contributed by atoms with Crippen LogP contribution in [0.5, 0.6) is 0 Å². The van der Waals surface area contributed by atoms with Crippen LogP contribution < -0.4 is 10.6 Å². The number of nitrogens with one attached hydrogen (secondary N) is 2. The minimum absolute atomic E-state index is 0.149. The number of rotatable bonds is 7. The third kappa shape index (κ3) is 4.82. The van der Waals surface area contributed by atoms with E-state index in [0.29, 0.717) is 30.6 Å². The Hall–Kier alpha value is -2.48. The number of aromatic nitrogens is 2. The van der Waals surface area contributed by atoms with Crippen molar-refractivity contribution in [3.05, 3.63) is 40.9 Å². The van der Waals surface area contributed by atoms with Crippen LogP contribution >= 0.6 is 11.3 Å². The second kappa shape index (κ2) is 8.04. The number of carbonyl (C=O) groups is 2. The number of benzene rings is 1. The van der Waals surface area contributed by atoms with Crippen LogP contribution in [-0.4, -0.2) is 46.7 Å². The van der Waals surface area contributed by atoms with Crippen molar-refractivity contribution < 1.29 is 9.59 Å². The van der Waals surface area contributed by atoms with Gasteiger partial charge in [-0.2, -0.15) is 0 Å². The lowest BCUT2D eigenvalue weighted by Crippen LogP contribution is -2.34. The summed E-state index contributed by atoms with van der Waals surface area (Å²) in [5.74, 6) is 0.847. The molecule has 1 aromatic carbocycles. The van der Waals surface area contributed by atoms with Crippen molar-refractivity contribution in [2.75, 3.05) is 25.0 Å². The van der Waals surface area contributed by atoms with Crippen LogP contribution in [-0.2, 0) is 11.2 Å². The molecule has 2 fully saturated rings. The highest BCUT2D eigenvalue weighted by Gasteiger charge is 2.30. The zero-order chi connectivity index (χ0) is 18.6. The third-order valence-electron chi connectivity index (χ3n) is 4.95. The average molecular weight is 385 g/mol. The molecule has 1 aliphatic heterocycles. The Bertz CT molecular complexity index is 805. The average Bonchev–Trinajstić information content (AvgIpc) is 3.32. The molecule has 1 aliphatic carbocycles. The number of amides is 3.